The zero-order valence-corrected chi connectivity index (χ0v) is 13.1. The number of aryl methyl sites for hydroxylation is 2. The average molecular weight is 295 g/mol. The van der Waals surface area contributed by atoms with Crippen molar-refractivity contribution in [1.29, 1.82) is 0 Å². The van der Waals surface area contributed by atoms with Crippen LogP contribution in [0.15, 0.2) is 24.3 Å². The predicted octanol–water partition coefficient (Wildman–Crippen LogP) is 4.37. The maximum Gasteiger partial charge on any atom is 0.115 e. The second-order valence-electron chi connectivity index (χ2n) is 4.45. The van der Waals surface area contributed by atoms with Crippen molar-refractivity contribution in [3.63, 3.8) is 0 Å². The molecule has 0 bridgehead atoms. The Morgan fingerprint density at radius 2 is 2.16 bits per heavy atom. The number of benzene rings is 1. The van der Waals surface area contributed by atoms with E-state index >= 15 is 0 Å². The Bertz CT molecular complexity index is 551. The Labute approximate surface area is 123 Å². The van der Waals surface area contributed by atoms with Crippen molar-refractivity contribution >= 4 is 22.9 Å². The van der Waals surface area contributed by atoms with Gasteiger partial charge in [0.05, 0.1) is 11.7 Å². The first-order valence-electron chi connectivity index (χ1n) is 6.60. The summed E-state index contributed by atoms with van der Waals surface area (Å²) in [7, 11) is 0. The minimum absolute atomic E-state index is 0.132. The van der Waals surface area contributed by atoms with Crippen LogP contribution in [0.25, 0.3) is 0 Å². The van der Waals surface area contributed by atoms with Crippen molar-refractivity contribution < 1.29 is 0 Å². The van der Waals surface area contributed by atoms with Crippen LogP contribution in [0.4, 0.5) is 0 Å². The van der Waals surface area contributed by atoms with E-state index in [4.69, 9.17) is 16.6 Å². The summed E-state index contributed by atoms with van der Waals surface area (Å²) in [6, 6.07) is 8.13. The number of aromatic nitrogens is 1. The van der Waals surface area contributed by atoms with Crippen molar-refractivity contribution in [2.24, 2.45) is 0 Å². The third kappa shape index (κ3) is 3.35. The van der Waals surface area contributed by atoms with Gasteiger partial charge in [-0.3, -0.25) is 0 Å². The maximum absolute atomic E-state index is 6.10. The van der Waals surface area contributed by atoms with Crippen LogP contribution in [0.1, 0.15) is 41.0 Å². The molecule has 1 atom stereocenters. The van der Waals surface area contributed by atoms with E-state index in [1.54, 1.807) is 11.3 Å². The average Bonchev–Trinajstić information content (AvgIpc) is 2.77. The van der Waals surface area contributed by atoms with Gasteiger partial charge < -0.3 is 5.32 Å². The Kier molecular flexibility index (Phi) is 4.97. The van der Waals surface area contributed by atoms with Crippen LogP contribution in [0.5, 0.6) is 0 Å². The van der Waals surface area contributed by atoms with E-state index in [9.17, 15) is 0 Å². The molecule has 1 unspecified atom stereocenters. The predicted molar refractivity (Wildman–Crippen MR) is 83.2 cm³/mol. The van der Waals surface area contributed by atoms with Crippen molar-refractivity contribution in [3.05, 3.63) is 50.4 Å². The van der Waals surface area contributed by atoms with Crippen molar-refractivity contribution in [3.8, 4) is 0 Å². The van der Waals surface area contributed by atoms with Gasteiger partial charge in [-0.1, -0.05) is 37.6 Å². The third-order valence-corrected chi connectivity index (χ3v) is 4.39. The van der Waals surface area contributed by atoms with E-state index in [0.717, 1.165) is 23.0 Å². The molecule has 0 aliphatic carbocycles. The summed E-state index contributed by atoms with van der Waals surface area (Å²) in [5.74, 6) is 0. The maximum atomic E-state index is 6.10. The SMILES string of the molecule is CCNC(c1cccc(Cl)c1)c1nc(CC)c(C)s1. The van der Waals surface area contributed by atoms with Gasteiger partial charge in [-0.05, 0) is 37.6 Å². The van der Waals surface area contributed by atoms with Crippen LogP contribution < -0.4 is 5.32 Å². The Hall–Kier alpha value is -0.900. The lowest BCUT2D eigenvalue weighted by atomic mass is 10.1. The molecule has 0 aliphatic heterocycles. The van der Waals surface area contributed by atoms with Gasteiger partial charge in [0, 0.05) is 9.90 Å². The molecule has 0 spiro atoms. The first-order chi connectivity index (χ1) is 9.15. The zero-order chi connectivity index (χ0) is 13.8. The Morgan fingerprint density at radius 1 is 1.37 bits per heavy atom. The molecule has 0 saturated heterocycles. The molecule has 2 rings (SSSR count). The van der Waals surface area contributed by atoms with E-state index in [0.29, 0.717) is 0 Å². The summed E-state index contributed by atoms with van der Waals surface area (Å²) in [5, 5.41) is 5.39. The molecule has 1 heterocycles. The molecule has 0 fully saturated rings. The van der Waals surface area contributed by atoms with Crippen molar-refractivity contribution in [1.82, 2.24) is 10.3 Å². The summed E-state index contributed by atoms with van der Waals surface area (Å²) in [4.78, 5) is 6.07. The molecule has 0 aliphatic rings. The number of hydrogen-bond acceptors (Lipinski definition) is 3. The normalized spacial score (nSPS) is 12.6. The van der Waals surface area contributed by atoms with Gasteiger partial charge in [0.25, 0.3) is 0 Å². The first-order valence-corrected chi connectivity index (χ1v) is 7.80. The Morgan fingerprint density at radius 3 is 2.74 bits per heavy atom. The van der Waals surface area contributed by atoms with Gasteiger partial charge in [-0.15, -0.1) is 11.3 Å². The molecule has 0 saturated carbocycles. The number of rotatable bonds is 5. The van der Waals surface area contributed by atoms with E-state index < -0.39 is 0 Å². The number of halogens is 1. The van der Waals surface area contributed by atoms with E-state index in [-0.39, 0.29) is 6.04 Å². The number of nitrogens with zero attached hydrogens (tertiary/aromatic N) is 1. The fraction of sp³-hybridized carbons (Fsp3) is 0.400. The standard InChI is InChI=1S/C15H19ClN2S/c1-4-13-10(3)19-15(18-13)14(17-5-2)11-7-6-8-12(16)9-11/h6-9,14,17H,4-5H2,1-3H3. The smallest absolute Gasteiger partial charge is 0.115 e. The summed E-state index contributed by atoms with van der Waals surface area (Å²) < 4.78 is 0. The van der Waals surface area contributed by atoms with Crippen LogP contribution in [-0.2, 0) is 6.42 Å². The van der Waals surface area contributed by atoms with Crippen LogP contribution in [0, 0.1) is 6.92 Å². The minimum atomic E-state index is 0.132. The summed E-state index contributed by atoms with van der Waals surface area (Å²) in [5.41, 5.74) is 2.37. The quantitative estimate of drug-likeness (QED) is 0.886. The second kappa shape index (κ2) is 6.51. The molecule has 4 heteroatoms. The zero-order valence-electron chi connectivity index (χ0n) is 11.5. The lowest BCUT2D eigenvalue weighted by Gasteiger charge is -2.16. The van der Waals surface area contributed by atoms with Crippen LogP contribution >= 0.6 is 22.9 Å². The molecule has 2 aromatic rings. The largest absolute Gasteiger partial charge is 0.305 e. The lowest BCUT2D eigenvalue weighted by molar-refractivity contribution is 0.625. The molecule has 2 nitrogen and oxygen atoms in total. The van der Waals surface area contributed by atoms with Gasteiger partial charge in [0.2, 0.25) is 0 Å². The monoisotopic (exact) mass is 294 g/mol. The first kappa shape index (κ1) is 14.5. The second-order valence-corrected chi connectivity index (χ2v) is 6.13. The van der Waals surface area contributed by atoms with Gasteiger partial charge in [0.1, 0.15) is 5.01 Å². The molecule has 102 valence electrons. The van der Waals surface area contributed by atoms with E-state index in [2.05, 4.69) is 32.2 Å². The van der Waals surface area contributed by atoms with Crippen LogP contribution in [0.3, 0.4) is 0 Å². The van der Waals surface area contributed by atoms with Gasteiger partial charge in [0.15, 0.2) is 0 Å². The van der Waals surface area contributed by atoms with Crippen molar-refractivity contribution in [2.45, 2.75) is 33.2 Å². The summed E-state index contributed by atoms with van der Waals surface area (Å²) >= 11 is 7.87. The highest BCUT2D eigenvalue weighted by Gasteiger charge is 2.18. The fourth-order valence-electron chi connectivity index (χ4n) is 2.14. The number of thiazole rings is 1. The molecule has 0 amide bonds. The van der Waals surface area contributed by atoms with Crippen LogP contribution in [-0.4, -0.2) is 11.5 Å². The molecule has 0 radical (unpaired) electrons. The lowest BCUT2D eigenvalue weighted by Crippen LogP contribution is -2.21. The van der Waals surface area contributed by atoms with E-state index in [1.165, 1.54) is 16.1 Å². The molecule has 19 heavy (non-hydrogen) atoms. The molecule has 1 N–H and O–H groups in total. The molecular formula is C15H19ClN2S. The fourth-order valence-corrected chi connectivity index (χ4v) is 3.45. The van der Waals surface area contributed by atoms with Crippen molar-refractivity contribution in [2.75, 3.05) is 6.54 Å². The topological polar surface area (TPSA) is 24.9 Å². The molecule has 1 aromatic carbocycles. The van der Waals surface area contributed by atoms with Crippen LogP contribution in [0.2, 0.25) is 5.02 Å². The van der Waals surface area contributed by atoms with Gasteiger partial charge in [-0.25, -0.2) is 4.98 Å². The van der Waals surface area contributed by atoms with E-state index in [1.807, 2.05) is 18.2 Å². The Balaban J connectivity index is 2.39. The number of hydrogen-bond donors (Lipinski definition) is 1. The summed E-state index contributed by atoms with van der Waals surface area (Å²) in [6.07, 6.45) is 0.983. The highest BCUT2D eigenvalue weighted by atomic mass is 35.5. The van der Waals surface area contributed by atoms with Gasteiger partial charge in [-0.2, -0.15) is 0 Å². The minimum Gasteiger partial charge on any atom is -0.305 e. The highest BCUT2D eigenvalue weighted by Crippen LogP contribution is 2.29. The van der Waals surface area contributed by atoms with Gasteiger partial charge >= 0.3 is 0 Å². The third-order valence-electron chi connectivity index (χ3n) is 3.08. The molecule has 1 aromatic heterocycles. The molecular weight excluding hydrogens is 276 g/mol. The summed E-state index contributed by atoms with van der Waals surface area (Å²) in [6.45, 7) is 7.30. The highest BCUT2D eigenvalue weighted by molar-refractivity contribution is 7.11. The number of nitrogens with one attached hydrogen (secondary N) is 1.